The van der Waals surface area contributed by atoms with E-state index in [4.69, 9.17) is 9.47 Å². The summed E-state index contributed by atoms with van der Waals surface area (Å²) >= 11 is 0. The first kappa shape index (κ1) is 13.8. The highest BCUT2D eigenvalue weighted by Crippen LogP contribution is 2.15. The molecule has 1 N–H and O–H groups in total. The summed E-state index contributed by atoms with van der Waals surface area (Å²) in [4.78, 5) is 14.2. The maximum Gasteiger partial charge on any atom is 0.254 e. The SMILES string of the molecule is CNCC1CN(C(=O)c2ccc(OC)cc2)CCO1. The summed E-state index contributed by atoms with van der Waals surface area (Å²) < 4.78 is 10.7. The molecule has 0 aliphatic carbocycles. The number of amides is 1. The molecule has 1 heterocycles. The highest BCUT2D eigenvalue weighted by molar-refractivity contribution is 5.94. The molecule has 1 aromatic carbocycles. The van der Waals surface area contributed by atoms with Crippen molar-refractivity contribution in [2.24, 2.45) is 0 Å². The van der Waals surface area contributed by atoms with Gasteiger partial charge in [-0.15, -0.1) is 0 Å². The van der Waals surface area contributed by atoms with Crippen LogP contribution in [-0.4, -0.2) is 57.3 Å². The Morgan fingerprint density at radius 1 is 1.47 bits per heavy atom. The van der Waals surface area contributed by atoms with E-state index in [1.165, 1.54) is 0 Å². The number of nitrogens with one attached hydrogen (secondary N) is 1. The van der Waals surface area contributed by atoms with Crippen LogP contribution in [0.25, 0.3) is 0 Å². The lowest BCUT2D eigenvalue weighted by atomic mass is 10.1. The number of morpholine rings is 1. The number of likely N-dealkylation sites (N-methyl/N-ethyl adjacent to an activating group) is 1. The van der Waals surface area contributed by atoms with Gasteiger partial charge in [0.05, 0.1) is 19.8 Å². The van der Waals surface area contributed by atoms with Crippen LogP contribution in [0.3, 0.4) is 0 Å². The molecule has 104 valence electrons. The number of rotatable bonds is 4. The van der Waals surface area contributed by atoms with Gasteiger partial charge in [0, 0.05) is 25.2 Å². The molecule has 19 heavy (non-hydrogen) atoms. The van der Waals surface area contributed by atoms with Gasteiger partial charge in [-0.1, -0.05) is 0 Å². The Morgan fingerprint density at radius 3 is 2.84 bits per heavy atom. The van der Waals surface area contributed by atoms with Gasteiger partial charge in [-0.3, -0.25) is 4.79 Å². The summed E-state index contributed by atoms with van der Waals surface area (Å²) in [5.74, 6) is 0.804. The summed E-state index contributed by atoms with van der Waals surface area (Å²) in [5, 5.41) is 3.07. The molecule has 1 atom stereocenters. The molecular formula is C14H20N2O3. The molecule has 5 nitrogen and oxygen atoms in total. The molecule has 1 amide bonds. The van der Waals surface area contributed by atoms with Crippen LogP contribution in [-0.2, 0) is 4.74 Å². The molecule has 5 heteroatoms. The minimum atomic E-state index is 0.0482. The van der Waals surface area contributed by atoms with Gasteiger partial charge in [-0.25, -0.2) is 0 Å². The second kappa shape index (κ2) is 6.54. The predicted octanol–water partition coefficient (Wildman–Crippen LogP) is 0.756. The van der Waals surface area contributed by atoms with E-state index in [-0.39, 0.29) is 12.0 Å². The Kier molecular flexibility index (Phi) is 4.76. The number of ether oxygens (including phenoxy) is 2. The second-order valence-corrected chi connectivity index (χ2v) is 4.53. The molecule has 1 aliphatic rings. The molecule has 0 bridgehead atoms. The molecular weight excluding hydrogens is 244 g/mol. The van der Waals surface area contributed by atoms with E-state index in [9.17, 15) is 4.79 Å². The highest BCUT2D eigenvalue weighted by atomic mass is 16.5. The highest BCUT2D eigenvalue weighted by Gasteiger charge is 2.24. The van der Waals surface area contributed by atoms with Crippen LogP contribution in [0, 0.1) is 0 Å². The average Bonchev–Trinajstić information content (AvgIpc) is 2.47. The molecule has 1 fully saturated rings. The fraction of sp³-hybridized carbons (Fsp3) is 0.500. The normalized spacial score (nSPS) is 19.3. The summed E-state index contributed by atoms with van der Waals surface area (Å²) in [6, 6.07) is 7.20. The molecule has 0 saturated carbocycles. The molecule has 0 spiro atoms. The van der Waals surface area contributed by atoms with Crippen molar-refractivity contribution in [3.63, 3.8) is 0 Å². The maximum absolute atomic E-state index is 12.4. The van der Waals surface area contributed by atoms with Crippen LogP contribution < -0.4 is 10.1 Å². The van der Waals surface area contributed by atoms with Gasteiger partial charge in [0.1, 0.15) is 5.75 Å². The number of hydrogen-bond acceptors (Lipinski definition) is 4. The van der Waals surface area contributed by atoms with Crippen LogP contribution in [0.1, 0.15) is 10.4 Å². The molecule has 1 saturated heterocycles. The topological polar surface area (TPSA) is 50.8 Å². The third-order valence-corrected chi connectivity index (χ3v) is 3.19. The van der Waals surface area contributed by atoms with Crippen LogP contribution in [0.15, 0.2) is 24.3 Å². The Bertz CT molecular complexity index is 417. The van der Waals surface area contributed by atoms with E-state index in [2.05, 4.69) is 5.32 Å². The number of carbonyl (C=O) groups is 1. The third-order valence-electron chi connectivity index (χ3n) is 3.19. The van der Waals surface area contributed by atoms with Gasteiger partial charge in [0.25, 0.3) is 5.91 Å². The number of carbonyl (C=O) groups excluding carboxylic acids is 1. The predicted molar refractivity (Wildman–Crippen MR) is 72.6 cm³/mol. The monoisotopic (exact) mass is 264 g/mol. The van der Waals surface area contributed by atoms with Gasteiger partial charge in [-0.05, 0) is 31.3 Å². The number of methoxy groups -OCH3 is 1. The van der Waals surface area contributed by atoms with Crippen molar-refractivity contribution >= 4 is 5.91 Å². The number of nitrogens with zero attached hydrogens (tertiary/aromatic N) is 1. The van der Waals surface area contributed by atoms with Crippen LogP contribution in [0.2, 0.25) is 0 Å². The minimum Gasteiger partial charge on any atom is -0.497 e. The first-order valence-corrected chi connectivity index (χ1v) is 6.44. The lowest BCUT2D eigenvalue weighted by Crippen LogP contribution is -2.48. The zero-order valence-corrected chi connectivity index (χ0v) is 11.4. The molecule has 2 rings (SSSR count). The van der Waals surface area contributed by atoms with Gasteiger partial charge < -0.3 is 19.7 Å². The van der Waals surface area contributed by atoms with Crippen molar-refractivity contribution in [1.82, 2.24) is 10.2 Å². The third kappa shape index (κ3) is 3.45. The van der Waals surface area contributed by atoms with Crippen molar-refractivity contribution in [1.29, 1.82) is 0 Å². The summed E-state index contributed by atoms with van der Waals surface area (Å²) in [6.07, 6.45) is 0.0703. The Labute approximate surface area is 113 Å². The van der Waals surface area contributed by atoms with Crippen molar-refractivity contribution in [3.05, 3.63) is 29.8 Å². The Balaban J connectivity index is 2.01. The van der Waals surface area contributed by atoms with Crippen LogP contribution in [0.5, 0.6) is 5.75 Å². The van der Waals surface area contributed by atoms with Gasteiger partial charge in [-0.2, -0.15) is 0 Å². The minimum absolute atomic E-state index is 0.0482. The Hall–Kier alpha value is -1.59. The summed E-state index contributed by atoms with van der Waals surface area (Å²) in [5.41, 5.74) is 0.686. The van der Waals surface area contributed by atoms with E-state index >= 15 is 0 Å². The van der Waals surface area contributed by atoms with E-state index in [0.717, 1.165) is 12.3 Å². The molecule has 0 radical (unpaired) electrons. The van der Waals surface area contributed by atoms with Crippen molar-refractivity contribution in [3.8, 4) is 5.75 Å². The molecule has 0 aromatic heterocycles. The van der Waals surface area contributed by atoms with E-state index in [1.54, 1.807) is 31.4 Å². The summed E-state index contributed by atoms with van der Waals surface area (Å²) in [6.45, 7) is 2.62. The van der Waals surface area contributed by atoms with Crippen LogP contribution in [0.4, 0.5) is 0 Å². The first-order chi connectivity index (χ1) is 9.24. The zero-order chi connectivity index (χ0) is 13.7. The van der Waals surface area contributed by atoms with Gasteiger partial charge in [0.2, 0.25) is 0 Å². The van der Waals surface area contributed by atoms with Crippen molar-refractivity contribution < 1.29 is 14.3 Å². The van der Waals surface area contributed by atoms with Crippen LogP contribution >= 0.6 is 0 Å². The van der Waals surface area contributed by atoms with Crippen molar-refractivity contribution in [2.45, 2.75) is 6.10 Å². The Morgan fingerprint density at radius 2 is 2.21 bits per heavy atom. The maximum atomic E-state index is 12.4. The van der Waals surface area contributed by atoms with E-state index in [1.807, 2.05) is 11.9 Å². The molecule has 1 aliphatic heterocycles. The second-order valence-electron chi connectivity index (χ2n) is 4.53. The average molecular weight is 264 g/mol. The van der Waals surface area contributed by atoms with Gasteiger partial charge in [0.15, 0.2) is 0 Å². The number of benzene rings is 1. The summed E-state index contributed by atoms with van der Waals surface area (Å²) in [7, 11) is 3.49. The van der Waals surface area contributed by atoms with E-state index < -0.39 is 0 Å². The first-order valence-electron chi connectivity index (χ1n) is 6.44. The van der Waals surface area contributed by atoms with E-state index in [0.29, 0.717) is 25.3 Å². The largest absolute Gasteiger partial charge is 0.497 e. The fourth-order valence-electron chi connectivity index (χ4n) is 2.17. The molecule has 1 aromatic rings. The lowest BCUT2D eigenvalue weighted by Gasteiger charge is -2.33. The standard InChI is InChI=1S/C14H20N2O3/c1-15-9-13-10-16(7-8-19-13)14(17)11-3-5-12(18-2)6-4-11/h3-6,13,15H,7-10H2,1-2H3. The number of hydrogen-bond donors (Lipinski definition) is 1. The van der Waals surface area contributed by atoms with Gasteiger partial charge >= 0.3 is 0 Å². The molecule has 1 unspecified atom stereocenters. The quantitative estimate of drug-likeness (QED) is 0.872. The smallest absolute Gasteiger partial charge is 0.254 e. The fourth-order valence-corrected chi connectivity index (χ4v) is 2.17. The zero-order valence-electron chi connectivity index (χ0n) is 11.4. The lowest BCUT2D eigenvalue weighted by molar-refractivity contribution is -0.0196. The van der Waals surface area contributed by atoms with Crippen molar-refractivity contribution in [2.75, 3.05) is 40.4 Å².